The molecule has 5 heterocycles. The number of benzene rings is 6. The average Bonchev–Trinajstić information content (AvgIpc) is 3.86. The number of pyridine rings is 2. The van der Waals surface area contributed by atoms with E-state index in [2.05, 4.69) is 154 Å². The van der Waals surface area contributed by atoms with Gasteiger partial charge in [-0.05, 0) is 59.3 Å². The third kappa shape index (κ3) is 4.87. The Labute approximate surface area is 323 Å². The number of rotatable bonds is 5. The van der Waals surface area contributed by atoms with Gasteiger partial charge < -0.3 is 14.0 Å². The Morgan fingerprint density at radius 2 is 0.962 bits per heavy atom. The van der Waals surface area contributed by atoms with Crippen molar-refractivity contribution in [1.29, 1.82) is 0 Å². The summed E-state index contributed by atoms with van der Waals surface area (Å²) in [7, 11) is 0. The van der Waals surface area contributed by atoms with E-state index < -0.39 is 0 Å². The quantitative estimate of drug-likeness (QED) is 0.162. The predicted octanol–water partition coefficient (Wildman–Crippen LogP) is 12.1. The van der Waals surface area contributed by atoms with Gasteiger partial charge in [0.2, 0.25) is 0 Å². The molecule has 11 rings (SSSR count). The maximum absolute atomic E-state index is 4.79. The summed E-state index contributed by atoms with van der Waals surface area (Å²) in [6, 6.07) is 61.1. The second-order valence-electron chi connectivity index (χ2n) is 12.9. The van der Waals surface area contributed by atoms with E-state index in [9.17, 15) is 0 Å². The maximum atomic E-state index is 4.79. The van der Waals surface area contributed by atoms with Crippen molar-refractivity contribution in [2.75, 3.05) is 4.90 Å². The molecule has 0 fully saturated rings. The third-order valence-corrected chi connectivity index (χ3v) is 11.2. The van der Waals surface area contributed by atoms with E-state index in [1.54, 1.807) is 0 Å². The number of hydrogen-bond donors (Lipinski definition) is 0. The minimum atomic E-state index is 0. The van der Waals surface area contributed by atoms with E-state index in [0.717, 1.165) is 72.3 Å². The molecule has 0 amide bonds. The zero-order chi connectivity index (χ0) is 34.2. The van der Waals surface area contributed by atoms with Crippen molar-refractivity contribution >= 4 is 92.2 Å². The molecular formula is C46H27N5PtS. The van der Waals surface area contributed by atoms with E-state index in [-0.39, 0.29) is 21.1 Å². The van der Waals surface area contributed by atoms with Gasteiger partial charge in [0, 0.05) is 38.9 Å². The second kappa shape index (κ2) is 12.6. The normalized spacial score (nSPS) is 11.6. The summed E-state index contributed by atoms with van der Waals surface area (Å²) in [4.78, 5) is 11.9. The van der Waals surface area contributed by atoms with Crippen molar-refractivity contribution in [2.24, 2.45) is 0 Å². The number of aromatic nitrogens is 4. The van der Waals surface area contributed by atoms with Crippen LogP contribution in [0.1, 0.15) is 0 Å². The molecular weight excluding hydrogens is 850 g/mol. The van der Waals surface area contributed by atoms with Crippen molar-refractivity contribution < 1.29 is 21.1 Å². The van der Waals surface area contributed by atoms with E-state index in [4.69, 9.17) is 9.97 Å². The molecule has 0 N–H and O–H groups in total. The van der Waals surface area contributed by atoms with Crippen LogP contribution in [0.5, 0.6) is 0 Å². The van der Waals surface area contributed by atoms with Gasteiger partial charge in [0.25, 0.3) is 0 Å². The Hall–Kier alpha value is -6.07. The van der Waals surface area contributed by atoms with Crippen molar-refractivity contribution in [3.8, 4) is 11.6 Å². The Kier molecular flexibility index (Phi) is 7.50. The molecule has 5 nitrogen and oxygen atoms in total. The molecule has 7 heteroatoms. The summed E-state index contributed by atoms with van der Waals surface area (Å²) in [5.41, 5.74) is 7.02. The summed E-state index contributed by atoms with van der Waals surface area (Å²) in [5.74, 6) is 1.71. The molecule has 53 heavy (non-hydrogen) atoms. The van der Waals surface area contributed by atoms with Gasteiger partial charge in [-0.1, -0.05) is 101 Å². The standard InChI is InChI=1S/C46H27N5S.Pt/c1-4-16-38-32(12-1)34-24-22-30(28-41(34)50(38)44-20-7-9-26-47-44)49(40-18-11-15-37-36-14-3-6-19-43(36)52-46(37)40)31-23-25-35-33-13-2-5-17-39(33)51(42(35)29-31)45-21-8-10-27-48-45;/h1-27H;/q-2;+2. The van der Waals surface area contributed by atoms with Gasteiger partial charge in [-0.2, -0.15) is 12.1 Å². The van der Waals surface area contributed by atoms with Crippen LogP contribution in [0.4, 0.5) is 17.1 Å². The van der Waals surface area contributed by atoms with Crippen LogP contribution in [0, 0.1) is 12.1 Å². The van der Waals surface area contributed by atoms with Gasteiger partial charge in [0.05, 0.1) is 10.4 Å². The van der Waals surface area contributed by atoms with Crippen molar-refractivity contribution in [3.63, 3.8) is 0 Å². The van der Waals surface area contributed by atoms with Crippen molar-refractivity contribution in [1.82, 2.24) is 19.1 Å². The van der Waals surface area contributed by atoms with Crippen LogP contribution in [0.3, 0.4) is 0 Å². The Morgan fingerprint density at radius 1 is 0.453 bits per heavy atom. The maximum Gasteiger partial charge on any atom is 2.00 e. The van der Waals surface area contributed by atoms with Crippen LogP contribution in [0.15, 0.2) is 164 Å². The van der Waals surface area contributed by atoms with Gasteiger partial charge in [0.1, 0.15) is 11.6 Å². The Balaban J connectivity index is 0.00000349. The summed E-state index contributed by atoms with van der Waals surface area (Å²) in [5, 5.41) is 7.07. The van der Waals surface area contributed by atoms with Crippen LogP contribution >= 0.6 is 11.3 Å². The molecule has 0 atom stereocenters. The SMILES string of the molecule is [Pt+2].[c-]1c(N(c2[c-]c3c(cc2)c2ccccc2n3-c2ccccn2)c2cccc3c2sc2ccccc23)ccc2c3ccccc3n(-c3ccccn3)c12. The summed E-state index contributed by atoms with van der Waals surface area (Å²) >= 11 is 1.82. The van der Waals surface area contributed by atoms with Gasteiger partial charge >= 0.3 is 21.1 Å². The van der Waals surface area contributed by atoms with Gasteiger partial charge in [-0.15, -0.1) is 46.4 Å². The Bertz CT molecular complexity index is 2990. The smallest absolute Gasteiger partial charge is 0.357 e. The fraction of sp³-hybridized carbons (Fsp3) is 0. The summed E-state index contributed by atoms with van der Waals surface area (Å²) in [6.07, 6.45) is 3.69. The number of nitrogens with zero attached hydrogens (tertiary/aromatic N) is 5. The van der Waals surface area contributed by atoms with Crippen molar-refractivity contribution in [2.45, 2.75) is 0 Å². The van der Waals surface area contributed by atoms with Crippen LogP contribution < -0.4 is 4.90 Å². The molecule has 11 aromatic rings. The summed E-state index contributed by atoms with van der Waals surface area (Å²) in [6.45, 7) is 0. The number of thiophene rings is 1. The molecule has 0 aliphatic rings. The van der Waals surface area contributed by atoms with Crippen LogP contribution in [0.2, 0.25) is 0 Å². The van der Waals surface area contributed by atoms with Crippen molar-refractivity contribution in [3.05, 3.63) is 176 Å². The molecule has 0 saturated heterocycles. The fourth-order valence-electron chi connectivity index (χ4n) is 7.77. The first-order valence-electron chi connectivity index (χ1n) is 17.3. The molecule has 0 unspecified atom stereocenters. The number of anilines is 3. The fourth-order valence-corrected chi connectivity index (χ4v) is 8.98. The van der Waals surface area contributed by atoms with E-state index in [1.807, 2.05) is 48.0 Å². The monoisotopic (exact) mass is 876 g/mol. The predicted molar refractivity (Wildman–Crippen MR) is 216 cm³/mol. The molecule has 0 bridgehead atoms. The molecule has 5 aromatic heterocycles. The zero-order valence-electron chi connectivity index (χ0n) is 28.0. The topological polar surface area (TPSA) is 38.9 Å². The molecule has 0 saturated carbocycles. The van der Waals surface area contributed by atoms with Gasteiger partial charge in [-0.3, -0.25) is 0 Å². The molecule has 0 aliphatic heterocycles. The molecule has 6 aromatic carbocycles. The Morgan fingerprint density at radius 3 is 1.53 bits per heavy atom. The van der Waals surface area contributed by atoms with Gasteiger partial charge in [-0.25, -0.2) is 9.97 Å². The van der Waals surface area contributed by atoms with E-state index >= 15 is 0 Å². The summed E-state index contributed by atoms with van der Waals surface area (Å²) < 4.78 is 6.91. The molecule has 0 aliphatic carbocycles. The largest absolute Gasteiger partial charge is 2.00 e. The van der Waals surface area contributed by atoms with Gasteiger partial charge in [0.15, 0.2) is 0 Å². The first-order chi connectivity index (χ1) is 25.8. The first-order valence-corrected chi connectivity index (χ1v) is 18.1. The second-order valence-corrected chi connectivity index (χ2v) is 13.9. The van der Waals surface area contributed by atoms with E-state index in [0.29, 0.717) is 0 Å². The molecule has 0 spiro atoms. The van der Waals surface area contributed by atoms with Crippen LogP contribution in [-0.4, -0.2) is 19.1 Å². The average molecular weight is 877 g/mol. The number of hydrogen-bond acceptors (Lipinski definition) is 4. The number of para-hydroxylation sites is 2. The zero-order valence-corrected chi connectivity index (χ0v) is 31.1. The molecule has 252 valence electrons. The molecule has 0 radical (unpaired) electrons. The van der Waals surface area contributed by atoms with Crippen LogP contribution in [0.25, 0.3) is 75.4 Å². The minimum absolute atomic E-state index is 0. The minimum Gasteiger partial charge on any atom is -0.357 e. The van der Waals surface area contributed by atoms with E-state index in [1.165, 1.54) is 20.2 Å². The van der Waals surface area contributed by atoms with Crippen LogP contribution in [-0.2, 0) is 21.1 Å². The first kappa shape index (κ1) is 31.6. The third-order valence-electron chi connectivity index (χ3n) is 10.00. The number of fused-ring (bicyclic) bond motifs is 9.